The summed E-state index contributed by atoms with van der Waals surface area (Å²) in [5, 5.41) is 9.64. The lowest BCUT2D eigenvalue weighted by Crippen LogP contribution is -2.21. The van der Waals surface area contributed by atoms with Crippen molar-refractivity contribution in [3.05, 3.63) is 230 Å². The van der Waals surface area contributed by atoms with Gasteiger partial charge >= 0.3 is 0 Å². The number of benzene rings is 6. The fourth-order valence-corrected chi connectivity index (χ4v) is 6.17. The van der Waals surface area contributed by atoms with Crippen LogP contribution in [0.15, 0.2) is 197 Å². The van der Waals surface area contributed by atoms with E-state index in [0.717, 1.165) is 0 Å². The molecule has 0 aliphatic heterocycles. The van der Waals surface area contributed by atoms with Crippen LogP contribution in [0, 0.1) is 0 Å². The van der Waals surface area contributed by atoms with E-state index in [2.05, 4.69) is 72.4 Å². The van der Waals surface area contributed by atoms with Crippen LogP contribution in [0.1, 0.15) is 133 Å². The molecular weight excluding hydrogens is 937 g/mol. The molecule has 0 saturated carbocycles. The molecule has 3 aromatic heterocycles. The van der Waals surface area contributed by atoms with Crippen LogP contribution in [0.5, 0.6) is 0 Å². The molecule has 0 saturated heterocycles. The second-order valence-electron chi connectivity index (χ2n) is 15.3. The van der Waals surface area contributed by atoms with Gasteiger partial charge in [0.1, 0.15) is 16.7 Å². The quantitative estimate of drug-likeness (QED) is 0.0962. The monoisotopic (exact) mass is 1010 g/mol. The number of carbonyl (C=O) groups excluding carboxylic acids is 3. The molecule has 6 N–H and O–H groups in total. The molecule has 3 amide bonds. The van der Waals surface area contributed by atoms with Gasteiger partial charge in [0.05, 0.1) is 0 Å². The first kappa shape index (κ1) is 64.4. The standard InChI is InChI=1S/3C16H12N2O2.3C3H8.3C2H6/c3*19-15-12-8-4-5-9-14(12)17-10-13(15)16(20)18-11-6-2-1-3-7-11;3*1-3-2;3*1-2/h3*1-10H,(H,17,19)(H,18,20);3*3H2,1-2H3;3*1-2H3. The third-order valence-electron chi connectivity index (χ3n) is 9.19. The summed E-state index contributed by atoms with van der Waals surface area (Å²) in [6, 6.07) is 48.5. The van der Waals surface area contributed by atoms with Gasteiger partial charge in [0.2, 0.25) is 16.3 Å². The zero-order valence-electron chi connectivity index (χ0n) is 45.9. The molecule has 75 heavy (non-hydrogen) atoms. The molecule has 0 atom stereocenters. The Morgan fingerprint density at radius 3 is 0.720 bits per heavy atom. The second kappa shape index (κ2) is 38.0. The second-order valence-corrected chi connectivity index (χ2v) is 15.3. The van der Waals surface area contributed by atoms with Crippen LogP contribution in [0.25, 0.3) is 32.7 Å². The van der Waals surface area contributed by atoms with Crippen molar-refractivity contribution in [2.45, 2.75) is 102 Å². The number of hydrogen-bond acceptors (Lipinski definition) is 6. The number of fused-ring (bicyclic) bond motifs is 3. The molecule has 12 nitrogen and oxygen atoms in total. The minimum Gasteiger partial charge on any atom is -0.360 e. The fraction of sp³-hybridized carbons (Fsp3) is 0.238. The number of H-pyrrole nitrogens is 3. The minimum absolute atomic E-state index is 0.104. The zero-order valence-corrected chi connectivity index (χ0v) is 45.9. The normalized spacial score (nSPS) is 9.28. The Morgan fingerprint density at radius 1 is 0.320 bits per heavy atom. The smallest absolute Gasteiger partial charge is 0.261 e. The number of pyridine rings is 3. The first-order valence-corrected chi connectivity index (χ1v) is 25.9. The van der Waals surface area contributed by atoms with E-state index in [0.29, 0.717) is 49.8 Å². The van der Waals surface area contributed by atoms with Crippen molar-refractivity contribution in [2.24, 2.45) is 0 Å². The first-order valence-electron chi connectivity index (χ1n) is 25.9. The Morgan fingerprint density at radius 2 is 0.507 bits per heavy atom. The summed E-state index contributed by atoms with van der Waals surface area (Å²) in [5.74, 6) is -1.24. The number of para-hydroxylation sites is 6. The van der Waals surface area contributed by atoms with Crippen molar-refractivity contribution >= 4 is 67.5 Å². The van der Waals surface area contributed by atoms with Gasteiger partial charge in [0.15, 0.2) is 0 Å². The molecule has 9 rings (SSSR count). The number of hydrogen-bond donors (Lipinski definition) is 6. The van der Waals surface area contributed by atoms with E-state index in [4.69, 9.17) is 0 Å². The molecule has 0 bridgehead atoms. The molecule has 6 aromatic carbocycles. The number of carbonyl (C=O) groups is 3. The van der Waals surface area contributed by atoms with Gasteiger partial charge in [-0.2, -0.15) is 0 Å². The molecule has 0 unspecified atom stereocenters. The number of amides is 3. The van der Waals surface area contributed by atoms with Gasteiger partial charge in [-0.1, -0.05) is 193 Å². The number of nitrogens with one attached hydrogen (secondary N) is 6. The van der Waals surface area contributed by atoms with Crippen molar-refractivity contribution in [1.29, 1.82) is 0 Å². The lowest BCUT2D eigenvalue weighted by Gasteiger charge is -2.05. The van der Waals surface area contributed by atoms with Crippen LogP contribution < -0.4 is 32.2 Å². The van der Waals surface area contributed by atoms with E-state index in [-0.39, 0.29) is 33.0 Å². The molecule has 396 valence electrons. The molecule has 0 aliphatic rings. The third kappa shape index (κ3) is 21.2. The highest BCUT2D eigenvalue weighted by Gasteiger charge is 2.15. The Bertz CT molecular complexity index is 2860. The van der Waals surface area contributed by atoms with E-state index < -0.39 is 17.7 Å². The number of aromatic amines is 3. The largest absolute Gasteiger partial charge is 0.360 e. The van der Waals surface area contributed by atoms with Crippen LogP contribution >= 0.6 is 0 Å². The van der Waals surface area contributed by atoms with Crippen LogP contribution in [-0.2, 0) is 0 Å². The highest BCUT2D eigenvalue weighted by Crippen LogP contribution is 2.13. The van der Waals surface area contributed by atoms with E-state index in [1.54, 1.807) is 91.0 Å². The summed E-state index contributed by atoms with van der Waals surface area (Å²) in [7, 11) is 0. The van der Waals surface area contributed by atoms with E-state index in [1.807, 2.05) is 114 Å². The van der Waals surface area contributed by atoms with Gasteiger partial charge in [0, 0.05) is 68.4 Å². The van der Waals surface area contributed by atoms with Crippen molar-refractivity contribution in [3.8, 4) is 0 Å². The predicted molar refractivity (Wildman–Crippen MR) is 319 cm³/mol. The summed E-state index contributed by atoms with van der Waals surface area (Å²) in [4.78, 5) is 82.2. The van der Waals surface area contributed by atoms with E-state index in [1.165, 1.54) is 37.9 Å². The van der Waals surface area contributed by atoms with Crippen molar-refractivity contribution in [3.63, 3.8) is 0 Å². The Balaban J connectivity index is 0.000000497. The van der Waals surface area contributed by atoms with Crippen molar-refractivity contribution in [1.82, 2.24) is 15.0 Å². The Hall–Kier alpha value is -8.64. The van der Waals surface area contributed by atoms with Gasteiger partial charge < -0.3 is 30.9 Å². The maximum atomic E-state index is 12.3. The molecule has 0 fully saturated rings. The van der Waals surface area contributed by atoms with Crippen LogP contribution in [-0.4, -0.2) is 32.7 Å². The molecule has 3 heterocycles. The van der Waals surface area contributed by atoms with Gasteiger partial charge in [-0.3, -0.25) is 28.8 Å². The molecular formula is C63H78N6O6. The number of aromatic nitrogens is 3. The van der Waals surface area contributed by atoms with Crippen LogP contribution in [0.2, 0.25) is 0 Å². The van der Waals surface area contributed by atoms with Gasteiger partial charge in [-0.25, -0.2) is 0 Å². The molecule has 0 radical (unpaired) electrons. The Kier molecular flexibility index (Phi) is 32.7. The zero-order chi connectivity index (χ0) is 56.0. The van der Waals surface area contributed by atoms with Gasteiger partial charge in [-0.15, -0.1) is 0 Å². The first-order chi connectivity index (χ1) is 36.5. The van der Waals surface area contributed by atoms with E-state index in [9.17, 15) is 28.8 Å². The average Bonchev–Trinajstić information content (AvgIpc) is 3.45. The highest BCUT2D eigenvalue weighted by molar-refractivity contribution is 6.07. The summed E-state index contributed by atoms with van der Waals surface area (Å²) in [6.45, 7) is 24.8. The molecule has 12 heteroatoms. The van der Waals surface area contributed by atoms with Crippen LogP contribution in [0.4, 0.5) is 17.1 Å². The summed E-state index contributed by atoms with van der Waals surface area (Å²) >= 11 is 0. The van der Waals surface area contributed by atoms with Crippen molar-refractivity contribution in [2.75, 3.05) is 16.0 Å². The molecule has 0 aliphatic carbocycles. The number of rotatable bonds is 6. The highest BCUT2D eigenvalue weighted by atomic mass is 16.2. The van der Waals surface area contributed by atoms with E-state index >= 15 is 0 Å². The maximum Gasteiger partial charge on any atom is 0.261 e. The third-order valence-corrected chi connectivity index (χ3v) is 9.19. The fourth-order valence-electron chi connectivity index (χ4n) is 6.17. The SMILES string of the molecule is CC.CC.CC.CCC.CCC.CCC.O=C(Nc1ccccc1)c1c[nH]c2ccccc2c1=O.O=C(Nc1ccccc1)c1c[nH]c2ccccc2c1=O.O=C(Nc1ccccc1)c1c[nH]c2ccccc2c1=O. The van der Waals surface area contributed by atoms with Gasteiger partial charge in [-0.05, 0) is 72.8 Å². The predicted octanol–water partition coefficient (Wildman–Crippen LogP) is 15.7. The topological polar surface area (TPSA) is 186 Å². The number of anilines is 3. The van der Waals surface area contributed by atoms with Gasteiger partial charge in [0.25, 0.3) is 17.7 Å². The minimum atomic E-state index is -0.414. The maximum absolute atomic E-state index is 12.3. The lowest BCUT2D eigenvalue weighted by atomic mass is 10.1. The lowest BCUT2D eigenvalue weighted by molar-refractivity contribution is 0.101. The molecule has 9 aromatic rings. The van der Waals surface area contributed by atoms with Crippen LogP contribution in [0.3, 0.4) is 0 Å². The summed E-state index contributed by atoms with van der Waals surface area (Å²) < 4.78 is 0. The summed E-state index contributed by atoms with van der Waals surface area (Å²) in [5.41, 5.74) is 3.62. The Labute approximate surface area is 443 Å². The average molecular weight is 1020 g/mol. The van der Waals surface area contributed by atoms with Crippen molar-refractivity contribution < 1.29 is 14.4 Å². The summed E-state index contributed by atoms with van der Waals surface area (Å²) in [6.07, 6.45) is 8.09. The molecule has 0 spiro atoms.